The van der Waals surface area contributed by atoms with Crippen molar-refractivity contribution in [3.8, 4) is 0 Å². The predicted molar refractivity (Wildman–Crippen MR) is 110 cm³/mol. The molecule has 0 spiro atoms. The minimum atomic E-state index is -0.655. The van der Waals surface area contributed by atoms with Crippen LogP contribution < -0.4 is 5.32 Å². The summed E-state index contributed by atoms with van der Waals surface area (Å²) >= 11 is 4.11. The average molecular weight is 390 g/mol. The smallest absolute Gasteiger partial charge is 0.306 e. The lowest BCUT2D eigenvalue weighted by molar-refractivity contribution is -0.143. The molecule has 1 aliphatic carbocycles. The van der Waals surface area contributed by atoms with Crippen LogP contribution in [0.1, 0.15) is 36.8 Å². The van der Waals surface area contributed by atoms with E-state index >= 15 is 0 Å². The van der Waals surface area contributed by atoms with Crippen LogP contribution in [0.4, 0.5) is 4.39 Å². The molecule has 27 heavy (non-hydrogen) atoms. The van der Waals surface area contributed by atoms with Gasteiger partial charge in [0, 0.05) is 12.3 Å². The van der Waals surface area contributed by atoms with Gasteiger partial charge in [0.25, 0.3) is 0 Å². The van der Waals surface area contributed by atoms with Crippen molar-refractivity contribution in [1.82, 2.24) is 5.32 Å². The third-order valence-electron chi connectivity index (χ3n) is 4.90. The number of aliphatic carboxylic acids is 1. The minimum absolute atomic E-state index is 0.145. The number of carbonyl (C=O) groups is 1. The van der Waals surface area contributed by atoms with E-state index in [1.807, 2.05) is 18.2 Å². The summed E-state index contributed by atoms with van der Waals surface area (Å²) in [6, 6.07) is 16.7. The largest absolute Gasteiger partial charge is 0.481 e. The molecule has 2 aromatic rings. The summed E-state index contributed by atoms with van der Waals surface area (Å²) in [7, 11) is 0. The Morgan fingerprint density at radius 1 is 1.00 bits per heavy atom. The van der Waals surface area contributed by atoms with Crippen molar-refractivity contribution in [3.63, 3.8) is 0 Å². The first-order valence-electron chi connectivity index (χ1n) is 9.41. The average Bonchev–Trinajstić information content (AvgIpc) is 2.71. The van der Waals surface area contributed by atoms with Gasteiger partial charge in [-0.2, -0.15) is 12.6 Å². The quantitative estimate of drug-likeness (QED) is 0.615. The summed E-state index contributed by atoms with van der Waals surface area (Å²) in [5, 5.41) is 12.3. The molecular weight excluding hydrogens is 361 g/mol. The number of hydrogen-bond acceptors (Lipinski definition) is 3. The lowest BCUT2D eigenvalue weighted by Gasteiger charge is -2.26. The molecule has 2 aromatic carbocycles. The fourth-order valence-corrected chi connectivity index (χ4v) is 3.43. The molecule has 3 nitrogen and oxygen atoms in total. The molecule has 1 aliphatic rings. The van der Waals surface area contributed by atoms with Gasteiger partial charge in [0.1, 0.15) is 5.82 Å². The number of hydrogen-bond donors (Lipinski definition) is 3. The first-order valence-corrected chi connectivity index (χ1v) is 10.0. The Hall–Kier alpha value is -1.85. The summed E-state index contributed by atoms with van der Waals surface area (Å²) in [4.78, 5) is 10.8. The summed E-state index contributed by atoms with van der Waals surface area (Å²) in [6.45, 7) is 1.64. The Balaban J connectivity index is 0.000000273. The van der Waals surface area contributed by atoms with E-state index in [1.54, 1.807) is 12.1 Å². The van der Waals surface area contributed by atoms with Gasteiger partial charge >= 0.3 is 5.97 Å². The minimum Gasteiger partial charge on any atom is -0.481 e. The lowest BCUT2D eigenvalue weighted by Crippen LogP contribution is -2.28. The number of thiol groups is 1. The van der Waals surface area contributed by atoms with Crippen molar-refractivity contribution in [1.29, 1.82) is 0 Å². The summed E-state index contributed by atoms with van der Waals surface area (Å²) in [6.07, 6.45) is 3.54. The monoisotopic (exact) mass is 389 g/mol. The van der Waals surface area contributed by atoms with Gasteiger partial charge in [-0.15, -0.1) is 0 Å². The van der Waals surface area contributed by atoms with Crippen LogP contribution in [0.5, 0.6) is 0 Å². The van der Waals surface area contributed by atoms with Gasteiger partial charge in [0.05, 0.1) is 5.92 Å². The van der Waals surface area contributed by atoms with Gasteiger partial charge in [-0.3, -0.25) is 4.79 Å². The van der Waals surface area contributed by atoms with Crippen LogP contribution in [0.15, 0.2) is 54.6 Å². The van der Waals surface area contributed by atoms with E-state index in [1.165, 1.54) is 17.7 Å². The summed E-state index contributed by atoms with van der Waals surface area (Å²) in [5.74, 6) is 0.388. The summed E-state index contributed by atoms with van der Waals surface area (Å²) < 4.78 is 12.7. The van der Waals surface area contributed by atoms with Gasteiger partial charge < -0.3 is 10.4 Å². The second-order valence-corrected chi connectivity index (χ2v) is 7.27. The molecular formula is C22H28FNO2S. The van der Waals surface area contributed by atoms with E-state index < -0.39 is 5.97 Å². The molecule has 0 radical (unpaired) electrons. The first-order chi connectivity index (χ1) is 13.1. The van der Waals surface area contributed by atoms with E-state index in [0.29, 0.717) is 5.92 Å². The molecule has 0 aromatic heterocycles. The molecule has 1 saturated carbocycles. The van der Waals surface area contributed by atoms with Crippen LogP contribution in [0.2, 0.25) is 0 Å². The molecule has 1 fully saturated rings. The molecule has 5 heteroatoms. The van der Waals surface area contributed by atoms with Crippen LogP contribution in [0, 0.1) is 17.7 Å². The summed E-state index contributed by atoms with van der Waals surface area (Å²) in [5.41, 5.74) is 2.34. The van der Waals surface area contributed by atoms with Crippen LogP contribution >= 0.6 is 12.6 Å². The van der Waals surface area contributed by atoms with Crippen LogP contribution in [0.25, 0.3) is 0 Å². The van der Waals surface area contributed by atoms with Gasteiger partial charge in [-0.25, -0.2) is 4.39 Å². The van der Waals surface area contributed by atoms with E-state index in [-0.39, 0.29) is 11.7 Å². The molecule has 0 bridgehead atoms. The van der Waals surface area contributed by atoms with Crippen LogP contribution in [-0.2, 0) is 17.1 Å². The molecule has 3 rings (SSSR count). The molecule has 0 amide bonds. The molecule has 0 aliphatic heterocycles. The number of nitrogens with one attached hydrogen (secondary N) is 1. The molecule has 0 saturated heterocycles. The number of carboxylic acids is 1. The van der Waals surface area contributed by atoms with E-state index in [2.05, 4.69) is 30.1 Å². The fourth-order valence-electron chi connectivity index (χ4n) is 3.22. The van der Waals surface area contributed by atoms with Crippen LogP contribution in [0.3, 0.4) is 0 Å². The molecule has 0 heterocycles. The maximum Gasteiger partial charge on any atom is 0.306 e. The normalized spacial score (nSPS) is 19.0. The highest BCUT2D eigenvalue weighted by molar-refractivity contribution is 7.79. The molecule has 2 N–H and O–H groups in total. The SMILES string of the molecule is O=C(O)C1CCC(CNCc2ccc(F)cc2)CC1.SCc1ccccc1. The zero-order chi connectivity index (χ0) is 19.5. The zero-order valence-corrected chi connectivity index (χ0v) is 16.4. The van der Waals surface area contributed by atoms with Crippen molar-refractivity contribution in [2.45, 2.75) is 38.0 Å². The molecule has 146 valence electrons. The Morgan fingerprint density at radius 3 is 2.15 bits per heavy atom. The highest BCUT2D eigenvalue weighted by Gasteiger charge is 2.25. The predicted octanol–water partition coefficient (Wildman–Crippen LogP) is 4.92. The maximum absolute atomic E-state index is 12.7. The van der Waals surface area contributed by atoms with Gasteiger partial charge in [-0.05, 0) is 61.4 Å². The second-order valence-electron chi connectivity index (χ2n) is 6.96. The Morgan fingerprint density at radius 2 is 1.63 bits per heavy atom. The van der Waals surface area contributed by atoms with Crippen molar-refractivity contribution in [2.24, 2.45) is 11.8 Å². The van der Waals surface area contributed by atoms with Crippen molar-refractivity contribution in [3.05, 3.63) is 71.5 Å². The zero-order valence-electron chi connectivity index (χ0n) is 15.5. The van der Waals surface area contributed by atoms with Gasteiger partial charge in [0.15, 0.2) is 0 Å². The topological polar surface area (TPSA) is 49.3 Å². The van der Waals surface area contributed by atoms with Crippen LogP contribution in [-0.4, -0.2) is 17.6 Å². The number of rotatable bonds is 6. The van der Waals surface area contributed by atoms with Crippen molar-refractivity contribution in [2.75, 3.05) is 6.54 Å². The lowest BCUT2D eigenvalue weighted by atomic mass is 9.82. The molecule has 0 atom stereocenters. The Bertz CT molecular complexity index is 670. The third kappa shape index (κ3) is 8.14. The number of carboxylic acid groups (broad SMARTS) is 1. The second kappa shape index (κ2) is 11.8. The number of halogens is 1. The highest BCUT2D eigenvalue weighted by Crippen LogP contribution is 2.28. The first kappa shape index (κ1) is 21.5. The maximum atomic E-state index is 12.7. The van der Waals surface area contributed by atoms with Crippen molar-refractivity contribution >= 4 is 18.6 Å². The third-order valence-corrected chi connectivity index (χ3v) is 5.26. The number of benzene rings is 2. The van der Waals surface area contributed by atoms with Crippen molar-refractivity contribution < 1.29 is 14.3 Å². The standard InChI is InChI=1S/C15H20FNO2.C7H8S/c16-14-7-3-12(4-8-14)10-17-9-11-1-5-13(6-2-11)15(18)19;8-6-7-4-2-1-3-5-7/h3-4,7-8,11,13,17H,1-2,5-6,9-10H2,(H,18,19);1-5,8H,6H2. The van der Waals surface area contributed by atoms with E-state index in [0.717, 1.165) is 50.1 Å². The van der Waals surface area contributed by atoms with E-state index in [9.17, 15) is 9.18 Å². The van der Waals surface area contributed by atoms with Gasteiger partial charge in [-0.1, -0.05) is 42.5 Å². The van der Waals surface area contributed by atoms with Gasteiger partial charge in [0.2, 0.25) is 0 Å². The Labute approximate surface area is 166 Å². The highest BCUT2D eigenvalue weighted by atomic mass is 32.1. The van der Waals surface area contributed by atoms with E-state index in [4.69, 9.17) is 5.11 Å². The Kier molecular flexibility index (Phi) is 9.36. The molecule has 0 unspecified atom stereocenters. The fraction of sp³-hybridized carbons (Fsp3) is 0.409.